The summed E-state index contributed by atoms with van der Waals surface area (Å²) >= 11 is 0. The summed E-state index contributed by atoms with van der Waals surface area (Å²) in [6.07, 6.45) is 1.68. The normalized spacial score (nSPS) is 9.94. The van der Waals surface area contributed by atoms with Crippen LogP contribution in [-0.2, 0) is 6.54 Å². The number of hydrogen-bond acceptors (Lipinski definition) is 2. The Hall–Kier alpha value is -1.39. The fourth-order valence-corrected chi connectivity index (χ4v) is 1.57. The Kier molecular flexibility index (Phi) is 4.04. The highest BCUT2D eigenvalue weighted by molar-refractivity contribution is 5.85. The quantitative estimate of drug-likeness (QED) is 0.848. The van der Waals surface area contributed by atoms with E-state index < -0.39 is 0 Å². The number of aromatic nitrogens is 2. The zero-order chi connectivity index (χ0) is 10.8. The van der Waals surface area contributed by atoms with Crippen LogP contribution in [0.1, 0.15) is 11.3 Å². The molecule has 86 valence electrons. The predicted molar refractivity (Wildman–Crippen MR) is 63.9 cm³/mol. The van der Waals surface area contributed by atoms with E-state index in [-0.39, 0.29) is 18.2 Å². The summed E-state index contributed by atoms with van der Waals surface area (Å²) in [5, 5.41) is 6.72. The second-order valence-electron chi connectivity index (χ2n) is 3.46. The minimum absolute atomic E-state index is 0. The maximum Gasteiger partial charge on any atom is 0.124 e. The van der Waals surface area contributed by atoms with Crippen LogP contribution in [0.4, 0.5) is 4.39 Å². The number of rotatable bonds is 2. The van der Waals surface area contributed by atoms with E-state index in [2.05, 4.69) is 10.2 Å². The number of H-pyrrole nitrogens is 1. The van der Waals surface area contributed by atoms with E-state index in [9.17, 15) is 4.39 Å². The van der Waals surface area contributed by atoms with Crippen LogP contribution in [0.5, 0.6) is 0 Å². The number of nitrogens with two attached hydrogens (primary N) is 1. The topological polar surface area (TPSA) is 54.7 Å². The van der Waals surface area contributed by atoms with Crippen molar-refractivity contribution in [2.75, 3.05) is 0 Å². The number of nitrogens with zero attached hydrogens (tertiary/aromatic N) is 1. The average Bonchev–Trinajstić information content (AvgIpc) is 2.63. The van der Waals surface area contributed by atoms with E-state index >= 15 is 0 Å². The molecule has 0 saturated carbocycles. The lowest BCUT2D eigenvalue weighted by molar-refractivity contribution is 0.626. The molecule has 2 rings (SSSR count). The molecule has 0 spiro atoms. The van der Waals surface area contributed by atoms with Crippen LogP contribution in [0, 0.1) is 12.7 Å². The molecular weight excluding hydrogens is 229 g/mol. The summed E-state index contributed by atoms with van der Waals surface area (Å²) in [5.74, 6) is -0.270. The standard InChI is InChI=1S/C11H12FN3.ClH/c1-7-11(6-14-15-7)9-2-8(5-13)3-10(12)4-9;/h2-4,6H,5,13H2,1H3,(H,14,15);1H. The third kappa shape index (κ3) is 2.40. The van der Waals surface area contributed by atoms with Crippen LogP contribution in [0.25, 0.3) is 11.1 Å². The van der Waals surface area contributed by atoms with Gasteiger partial charge >= 0.3 is 0 Å². The third-order valence-corrected chi connectivity index (χ3v) is 2.33. The first-order valence-electron chi connectivity index (χ1n) is 4.70. The molecule has 2 aromatic rings. The van der Waals surface area contributed by atoms with Gasteiger partial charge in [0.15, 0.2) is 0 Å². The maximum absolute atomic E-state index is 13.3. The second kappa shape index (κ2) is 5.09. The molecule has 3 nitrogen and oxygen atoms in total. The first-order chi connectivity index (χ1) is 7.20. The summed E-state index contributed by atoms with van der Waals surface area (Å²) in [6.45, 7) is 2.23. The Bertz CT molecular complexity index is 482. The van der Waals surface area contributed by atoms with Gasteiger partial charge in [0.2, 0.25) is 0 Å². The maximum atomic E-state index is 13.3. The van der Waals surface area contributed by atoms with Crippen molar-refractivity contribution in [1.29, 1.82) is 0 Å². The highest BCUT2D eigenvalue weighted by atomic mass is 35.5. The van der Waals surface area contributed by atoms with Crippen LogP contribution in [-0.4, -0.2) is 10.2 Å². The number of halogens is 2. The lowest BCUT2D eigenvalue weighted by Crippen LogP contribution is -1.97. The molecule has 1 aromatic heterocycles. The van der Waals surface area contributed by atoms with E-state index in [1.807, 2.05) is 13.0 Å². The van der Waals surface area contributed by atoms with Gasteiger partial charge in [-0.25, -0.2) is 4.39 Å². The van der Waals surface area contributed by atoms with Crippen molar-refractivity contribution in [3.05, 3.63) is 41.5 Å². The first-order valence-corrected chi connectivity index (χ1v) is 4.70. The van der Waals surface area contributed by atoms with Gasteiger partial charge in [0.05, 0.1) is 6.20 Å². The van der Waals surface area contributed by atoms with Crippen LogP contribution < -0.4 is 5.73 Å². The molecule has 0 aliphatic heterocycles. The van der Waals surface area contributed by atoms with Crippen LogP contribution in [0.3, 0.4) is 0 Å². The van der Waals surface area contributed by atoms with Gasteiger partial charge in [-0.1, -0.05) is 0 Å². The number of nitrogens with one attached hydrogen (secondary N) is 1. The van der Waals surface area contributed by atoms with E-state index in [1.165, 1.54) is 12.1 Å². The second-order valence-corrected chi connectivity index (χ2v) is 3.46. The Balaban J connectivity index is 0.00000128. The molecule has 1 aromatic carbocycles. The number of hydrogen-bond donors (Lipinski definition) is 2. The highest BCUT2D eigenvalue weighted by Gasteiger charge is 2.06. The number of benzene rings is 1. The van der Waals surface area contributed by atoms with Gasteiger partial charge in [0, 0.05) is 17.8 Å². The molecular formula is C11H13ClFN3. The van der Waals surface area contributed by atoms with Gasteiger partial charge < -0.3 is 5.73 Å². The number of aromatic amines is 1. The van der Waals surface area contributed by atoms with Crippen molar-refractivity contribution >= 4 is 12.4 Å². The van der Waals surface area contributed by atoms with E-state index in [4.69, 9.17) is 5.73 Å². The van der Waals surface area contributed by atoms with Gasteiger partial charge in [-0.15, -0.1) is 12.4 Å². The predicted octanol–water partition coefficient (Wildman–Crippen LogP) is 2.40. The number of aryl methyl sites for hydroxylation is 1. The first kappa shape index (κ1) is 12.7. The highest BCUT2D eigenvalue weighted by Crippen LogP contribution is 2.23. The zero-order valence-electron chi connectivity index (χ0n) is 8.83. The fraction of sp³-hybridized carbons (Fsp3) is 0.182. The molecule has 1 heterocycles. The lowest BCUT2D eigenvalue weighted by atomic mass is 10.0. The Morgan fingerprint density at radius 3 is 2.69 bits per heavy atom. The molecule has 0 radical (unpaired) electrons. The van der Waals surface area contributed by atoms with Crippen LogP contribution >= 0.6 is 12.4 Å². The molecule has 0 amide bonds. The van der Waals surface area contributed by atoms with Crippen molar-refractivity contribution in [2.45, 2.75) is 13.5 Å². The summed E-state index contributed by atoms with van der Waals surface area (Å²) in [5.41, 5.74) is 8.91. The summed E-state index contributed by atoms with van der Waals surface area (Å²) in [4.78, 5) is 0. The molecule has 0 aliphatic carbocycles. The molecule has 16 heavy (non-hydrogen) atoms. The van der Waals surface area contributed by atoms with Gasteiger partial charge in [-0.2, -0.15) is 5.10 Å². The van der Waals surface area contributed by atoms with Crippen LogP contribution in [0.2, 0.25) is 0 Å². The Morgan fingerprint density at radius 2 is 2.12 bits per heavy atom. The van der Waals surface area contributed by atoms with Crippen molar-refractivity contribution in [1.82, 2.24) is 10.2 Å². The van der Waals surface area contributed by atoms with Crippen molar-refractivity contribution < 1.29 is 4.39 Å². The molecule has 0 fully saturated rings. The van der Waals surface area contributed by atoms with Gasteiger partial charge in [0.25, 0.3) is 0 Å². The van der Waals surface area contributed by atoms with E-state index in [1.54, 1.807) is 6.20 Å². The fourth-order valence-electron chi connectivity index (χ4n) is 1.57. The Labute approximate surface area is 99.3 Å². The van der Waals surface area contributed by atoms with E-state index in [0.29, 0.717) is 6.54 Å². The molecule has 3 N–H and O–H groups in total. The van der Waals surface area contributed by atoms with Crippen molar-refractivity contribution in [2.24, 2.45) is 5.73 Å². The smallest absolute Gasteiger partial charge is 0.124 e. The molecule has 5 heteroatoms. The van der Waals surface area contributed by atoms with E-state index in [0.717, 1.165) is 22.4 Å². The largest absolute Gasteiger partial charge is 0.326 e. The monoisotopic (exact) mass is 241 g/mol. The lowest BCUT2D eigenvalue weighted by Gasteiger charge is -2.03. The van der Waals surface area contributed by atoms with Crippen LogP contribution in [0.15, 0.2) is 24.4 Å². The molecule has 0 saturated heterocycles. The molecule has 0 unspecified atom stereocenters. The van der Waals surface area contributed by atoms with Gasteiger partial charge in [-0.05, 0) is 36.2 Å². The summed E-state index contributed by atoms with van der Waals surface area (Å²) < 4.78 is 13.3. The van der Waals surface area contributed by atoms with Gasteiger partial charge in [-0.3, -0.25) is 5.10 Å². The average molecular weight is 242 g/mol. The minimum atomic E-state index is -0.270. The van der Waals surface area contributed by atoms with Crippen molar-refractivity contribution in [3.8, 4) is 11.1 Å². The summed E-state index contributed by atoms with van der Waals surface area (Å²) in [6, 6.07) is 4.80. The van der Waals surface area contributed by atoms with Crippen molar-refractivity contribution in [3.63, 3.8) is 0 Å². The minimum Gasteiger partial charge on any atom is -0.326 e. The molecule has 0 aliphatic rings. The van der Waals surface area contributed by atoms with Gasteiger partial charge in [0.1, 0.15) is 5.82 Å². The third-order valence-electron chi connectivity index (χ3n) is 2.33. The molecule has 0 atom stereocenters. The zero-order valence-corrected chi connectivity index (χ0v) is 9.64. The Morgan fingerprint density at radius 1 is 1.38 bits per heavy atom. The molecule has 0 bridgehead atoms. The summed E-state index contributed by atoms with van der Waals surface area (Å²) in [7, 11) is 0. The SMILES string of the molecule is Cc1[nH]ncc1-c1cc(F)cc(CN)c1.Cl.